The summed E-state index contributed by atoms with van der Waals surface area (Å²) in [5, 5.41) is 12.2. The highest BCUT2D eigenvalue weighted by molar-refractivity contribution is 5.89. The fourth-order valence-electron chi connectivity index (χ4n) is 1.97. The second-order valence-electron chi connectivity index (χ2n) is 5.62. The van der Waals surface area contributed by atoms with Crippen molar-refractivity contribution in [1.82, 2.24) is 5.32 Å². The van der Waals surface area contributed by atoms with Crippen molar-refractivity contribution in [2.24, 2.45) is 11.7 Å². The minimum absolute atomic E-state index is 0.0109. The summed E-state index contributed by atoms with van der Waals surface area (Å²) < 4.78 is 37.4. The van der Waals surface area contributed by atoms with Crippen LogP contribution in [0.5, 0.6) is 0 Å². The van der Waals surface area contributed by atoms with Gasteiger partial charge in [-0.2, -0.15) is 13.2 Å². The molecule has 8 heteroatoms. The predicted octanol–water partition coefficient (Wildman–Crippen LogP) is 1.76. The van der Waals surface area contributed by atoms with E-state index >= 15 is 0 Å². The van der Waals surface area contributed by atoms with Crippen LogP contribution in [-0.4, -0.2) is 23.0 Å². The third-order valence-corrected chi connectivity index (χ3v) is 3.17. The van der Waals surface area contributed by atoms with Crippen LogP contribution in [0, 0.1) is 5.92 Å². The van der Waals surface area contributed by atoms with Crippen molar-refractivity contribution in [3.8, 4) is 0 Å². The summed E-state index contributed by atoms with van der Waals surface area (Å²) >= 11 is 0. The van der Waals surface area contributed by atoms with E-state index in [1.807, 2.05) is 13.8 Å². The Labute approximate surface area is 131 Å². The SMILES string of the molecule is CC(C)C[C@H](NC(=O)[C@@H](O)c1ccc(C(F)(F)F)cc1)C(N)=O. The molecule has 0 spiro atoms. The van der Waals surface area contributed by atoms with E-state index in [0.717, 1.165) is 24.3 Å². The number of carbonyl (C=O) groups is 2. The first-order chi connectivity index (χ1) is 10.5. The Morgan fingerprint density at radius 3 is 2.13 bits per heavy atom. The van der Waals surface area contributed by atoms with Gasteiger partial charge in [0.15, 0.2) is 6.10 Å². The number of alkyl halides is 3. The lowest BCUT2D eigenvalue weighted by molar-refractivity contribution is -0.137. The third-order valence-electron chi connectivity index (χ3n) is 3.17. The summed E-state index contributed by atoms with van der Waals surface area (Å²) in [6, 6.07) is 2.60. The Hall–Kier alpha value is -2.09. The van der Waals surface area contributed by atoms with Crippen molar-refractivity contribution in [2.45, 2.75) is 38.6 Å². The number of rotatable bonds is 6. The lowest BCUT2D eigenvalue weighted by Crippen LogP contribution is -2.46. The Balaban J connectivity index is 2.81. The maximum atomic E-state index is 12.5. The number of halogens is 3. The normalized spacial score (nSPS) is 14.4. The molecule has 1 aromatic rings. The summed E-state index contributed by atoms with van der Waals surface area (Å²) in [6.45, 7) is 3.66. The van der Waals surface area contributed by atoms with Crippen molar-refractivity contribution < 1.29 is 27.9 Å². The van der Waals surface area contributed by atoms with Crippen LogP contribution in [0.2, 0.25) is 0 Å². The topological polar surface area (TPSA) is 92.4 Å². The van der Waals surface area contributed by atoms with Crippen molar-refractivity contribution in [1.29, 1.82) is 0 Å². The van der Waals surface area contributed by atoms with Crippen LogP contribution >= 0.6 is 0 Å². The van der Waals surface area contributed by atoms with Gasteiger partial charge in [0.05, 0.1) is 5.56 Å². The Bertz CT molecular complexity index is 556. The van der Waals surface area contributed by atoms with E-state index in [9.17, 15) is 27.9 Å². The minimum Gasteiger partial charge on any atom is -0.378 e. The summed E-state index contributed by atoms with van der Waals surface area (Å²) in [7, 11) is 0. The van der Waals surface area contributed by atoms with Crippen LogP contribution < -0.4 is 11.1 Å². The molecule has 2 amide bonds. The molecule has 0 radical (unpaired) electrons. The number of aliphatic hydroxyl groups is 1. The quantitative estimate of drug-likeness (QED) is 0.741. The molecule has 0 aliphatic heterocycles. The lowest BCUT2D eigenvalue weighted by atomic mass is 10.0. The summed E-state index contributed by atoms with van der Waals surface area (Å²) in [4.78, 5) is 23.2. The molecule has 128 valence electrons. The molecule has 0 aliphatic carbocycles. The fraction of sp³-hybridized carbons (Fsp3) is 0.467. The highest BCUT2D eigenvalue weighted by Crippen LogP contribution is 2.29. The number of hydrogen-bond donors (Lipinski definition) is 3. The molecule has 2 atom stereocenters. The van der Waals surface area contributed by atoms with E-state index in [4.69, 9.17) is 5.73 Å². The molecule has 0 aliphatic rings. The fourth-order valence-corrected chi connectivity index (χ4v) is 1.97. The Kier molecular flexibility index (Phi) is 6.14. The van der Waals surface area contributed by atoms with E-state index in [1.165, 1.54) is 0 Å². The van der Waals surface area contributed by atoms with Gasteiger partial charge in [-0.1, -0.05) is 26.0 Å². The molecule has 0 saturated carbocycles. The average Bonchev–Trinajstić information content (AvgIpc) is 2.44. The summed E-state index contributed by atoms with van der Waals surface area (Å²) in [6.07, 6.45) is -5.90. The van der Waals surface area contributed by atoms with Crippen molar-refractivity contribution in [3.63, 3.8) is 0 Å². The molecule has 0 saturated heterocycles. The molecule has 4 N–H and O–H groups in total. The van der Waals surface area contributed by atoms with Crippen molar-refractivity contribution in [2.75, 3.05) is 0 Å². The largest absolute Gasteiger partial charge is 0.416 e. The van der Waals surface area contributed by atoms with Crippen LogP contribution in [0.3, 0.4) is 0 Å². The number of primary amides is 1. The number of nitrogens with one attached hydrogen (secondary N) is 1. The first-order valence-corrected chi connectivity index (χ1v) is 6.97. The molecule has 0 heterocycles. The van der Waals surface area contributed by atoms with E-state index in [1.54, 1.807) is 0 Å². The Morgan fingerprint density at radius 1 is 1.22 bits per heavy atom. The van der Waals surface area contributed by atoms with Crippen LogP contribution in [0.25, 0.3) is 0 Å². The van der Waals surface area contributed by atoms with Gasteiger partial charge in [-0.05, 0) is 30.0 Å². The van der Waals surface area contributed by atoms with Crippen LogP contribution in [-0.2, 0) is 15.8 Å². The minimum atomic E-state index is -4.50. The van der Waals surface area contributed by atoms with E-state index in [2.05, 4.69) is 5.32 Å². The van der Waals surface area contributed by atoms with Gasteiger partial charge in [0.25, 0.3) is 5.91 Å². The average molecular weight is 332 g/mol. The van der Waals surface area contributed by atoms with Gasteiger partial charge < -0.3 is 16.2 Å². The maximum absolute atomic E-state index is 12.5. The van der Waals surface area contributed by atoms with Gasteiger partial charge in [0, 0.05) is 0 Å². The number of benzene rings is 1. The number of amides is 2. The highest BCUT2D eigenvalue weighted by Gasteiger charge is 2.31. The zero-order valence-corrected chi connectivity index (χ0v) is 12.7. The van der Waals surface area contributed by atoms with Crippen molar-refractivity contribution in [3.05, 3.63) is 35.4 Å². The molecule has 23 heavy (non-hydrogen) atoms. The Morgan fingerprint density at radius 2 is 1.74 bits per heavy atom. The molecule has 0 unspecified atom stereocenters. The number of carbonyl (C=O) groups excluding carboxylic acids is 2. The highest BCUT2D eigenvalue weighted by atomic mass is 19.4. The van der Waals surface area contributed by atoms with E-state index < -0.39 is 35.7 Å². The molecular formula is C15H19F3N2O3. The van der Waals surface area contributed by atoms with E-state index in [0.29, 0.717) is 6.42 Å². The van der Waals surface area contributed by atoms with Gasteiger partial charge in [-0.15, -0.1) is 0 Å². The second-order valence-corrected chi connectivity index (χ2v) is 5.62. The third kappa shape index (κ3) is 5.55. The standard InChI is InChI=1S/C15H19F3N2O3/c1-8(2)7-11(13(19)22)20-14(23)12(21)9-3-5-10(6-4-9)15(16,17)18/h3-6,8,11-12,21H,7H2,1-2H3,(H2,19,22)(H,20,23)/t11-,12-/m0/s1. The summed E-state index contributed by atoms with van der Waals surface area (Å²) in [5.74, 6) is -1.56. The van der Waals surface area contributed by atoms with Gasteiger partial charge in [-0.25, -0.2) is 0 Å². The molecule has 1 aromatic carbocycles. The van der Waals surface area contributed by atoms with Crippen molar-refractivity contribution >= 4 is 11.8 Å². The number of nitrogens with two attached hydrogens (primary N) is 1. The summed E-state index contributed by atoms with van der Waals surface area (Å²) in [5.41, 5.74) is 4.28. The smallest absolute Gasteiger partial charge is 0.378 e. The zero-order valence-electron chi connectivity index (χ0n) is 12.7. The van der Waals surface area contributed by atoms with Crippen LogP contribution in [0.4, 0.5) is 13.2 Å². The number of aliphatic hydroxyl groups excluding tert-OH is 1. The first-order valence-electron chi connectivity index (χ1n) is 6.97. The monoisotopic (exact) mass is 332 g/mol. The first kappa shape index (κ1) is 19.0. The number of hydrogen-bond acceptors (Lipinski definition) is 3. The van der Waals surface area contributed by atoms with Gasteiger partial charge in [-0.3, -0.25) is 9.59 Å². The predicted molar refractivity (Wildman–Crippen MR) is 77.0 cm³/mol. The maximum Gasteiger partial charge on any atom is 0.416 e. The molecule has 0 aromatic heterocycles. The molecule has 0 fully saturated rings. The molecule has 1 rings (SSSR count). The second kappa shape index (κ2) is 7.45. The molecule has 0 bridgehead atoms. The zero-order chi connectivity index (χ0) is 17.8. The van der Waals surface area contributed by atoms with Crippen LogP contribution in [0.1, 0.15) is 37.5 Å². The van der Waals surface area contributed by atoms with Gasteiger partial charge >= 0.3 is 6.18 Å². The lowest BCUT2D eigenvalue weighted by Gasteiger charge is -2.20. The van der Waals surface area contributed by atoms with Gasteiger partial charge in [0.1, 0.15) is 6.04 Å². The van der Waals surface area contributed by atoms with E-state index in [-0.39, 0.29) is 11.5 Å². The van der Waals surface area contributed by atoms with Crippen LogP contribution in [0.15, 0.2) is 24.3 Å². The molecule has 5 nitrogen and oxygen atoms in total. The molecular weight excluding hydrogens is 313 g/mol. The van der Waals surface area contributed by atoms with Gasteiger partial charge in [0.2, 0.25) is 5.91 Å².